The van der Waals surface area contributed by atoms with Crippen molar-refractivity contribution < 1.29 is 124 Å². The summed E-state index contributed by atoms with van der Waals surface area (Å²) in [6.07, 6.45) is -31.3. The fourth-order valence-electron chi connectivity index (χ4n) is 17.3. The number of aliphatic hydroxyl groups is 13. The number of esters is 1. The number of hydrogen-bond acceptors (Lipinski definition) is 24. The molecule has 84 heavy (non-hydrogen) atoms. The van der Waals surface area contributed by atoms with Crippen LogP contribution in [0.15, 0.2) is 23.3 Å². The Balaban J connectivity index is 1.01. The fraction of sp³-hybridized carbons (Fsp3) is 0.898. The van der Waals surface area contributed by atoms with Gasteiger partial charge in [-0.25, -0.2) is 9.59 Å². The van der Waals surface area contributed by atoms with Gasteiger partial charge in [-0.3, -0.25) is 0 Å². The Morgan fingerprint density at radius 1 is 0.619 bits per heavy atom. The summed E-state index contributed by atoms with van der Waals surface area (Å²) in [5.74, 6) is -2.46. The molecule has 14 N–H and O–H groups in total. The van der Waals surface area contributed by atoms with E-state index in [9.17, 15) is 81.1 Å². The molecule has 4 heterocycles. The highest BCUT2D eigenvalue weighted by molar-refractivity contribution is 5.87. The summed E-state index contributed by atoms with van der Waals surface area (Å²) in [5, 5.41) is 155. The van der Waals surface area contributed by atoms with Crippen LogP contribution >= 0.6 is 0 Å². The maximum Gasteiger partial charge on any atom is 0.335 e. The maximum absolute atomic E-state index is 13.5. The third kappa shape index (κ3) is 10.8. The van der Waals surface area contributed by atoms with Crippen LogP contribution in [0.5, 0.6) is 0 Å². The average Bonchev–Trinajstić information content (AvgIpc) is 1.06. The van der Waals surface area contributed by atoms with E-state index in [0.29, 0.717) is 50.5 Å². The third-order valence-corrected chi connectivity index (χ3v) is 22.5. The number of carbonyl (C=O) groups is 2. The normalized spacial score (nSPS) is 51.9. The zero-order chi connectivity index (χ0) is 61.9. The number of hydrogen-bond donors (Lipinski definition) is 14. The Labute approximate surface area is 489 Å². The van der Waals surface area contributed by atoms with Gasteiger partial charge in [-0.05, 0) is 117 Å². The van der Waals surface area contributed by atoms with Crippen molar-refractivity contribution in [3.8, 4) is 0 Å². The van der Waals surface area contributed by atoms with Crippen LogP contribution in [0.3, 0.4) is 0 Å². The first kappa shape index (κ1) is 66.0. The minimum Gasteiger partial charge on any atom is -0.479 e. The lowest BCUT2D eigenvalue weighted by molar-refractivity contribution is -0.401. The molecule has 480 valence electrons. The molecule has 30 atom stereocenters. The number of aliphatic carboxylic acids is 1. The number of ether oxygens (including phenoxy) is 9. The third-order valence-electron chi connectivity index (χ3n) is 22.5. The van der Waals surface area contributed by atoms with Crippen molar-refractivity contribution in [1.82, 2.24) is 0 Å². The van der Waals surface area contributed by atoms with Crippen molar-refractivity contribution in [2.45, 2.75) is 262 Å². The Morgan fingerprint density at radius 2 is 1.18 bits per heavy atom. The van der Waals surface area contributed by atoms with Gasteiger partial charge in [-0.2, -0.15) is 0 Å². The van der Waals surface area contributed by atoms with Crippen molar-refractivity contribution >= 4 is 11.9 Å². The van der Waals surface area contributed by atoms with Gasteiger partial charge in [0.05, 0.1) is 43.5 Å². The van der Waals surface area contributed by atoms with Gasteiger partial charge in [0.1, 0.15) is 91.6 Å². The van der Waals surface area contributed by atoms with Crippen molar-refractivity contribution in [3.05, 3.63) is 23.3 Å². The lowest BCUT2D eigenvalue weighted by atomic mass is 9.33. The van der Waals surface area contributed by atoms with Gasteiger partial charge in [0.25, 0.3) is 0 Å². The summed E-state index contributed by atoms with van der Waals surface area (Å²) in [6.45, 7) is 18.0. The molecular formula is C59H94O25. The van der Waals surface area contributed by atoms with Gasteiger partial charge in [0, 0.05) is 5.57 Å². The molecule has 0 aromatic rings. The predicted molar refractivity (Wildman–Crippen MR) is 288 cm³/mol. The van der Waals surface area contributed by atoms with Crippen LogP contribution in [0.1, 0.15) is 121 Å². The van der Waals surface area contributed by atoms with Crippen LogP contribution < -0.4 is 0 Å². The van der Waals surface area contributed by atoms with Crippen molar-refractivity contribution in [3.63, 3.8) is 0 Å². The van der Waals surface area contributed by atoms with Crippen LogP contribution in [-0.4, -0.2) is 244 Å². The van der Waals surface area contributed by atoms with E-state index in [4.69, 9.17) is 42.6 Å². The van der Waals surface area contributed by atoms with E-state index in [-0.39, 0.29) is 40.6 Å². The first-order chi connectivity index (χ1) is 39.2. The van der Waals surface area contributed by atoms with Crippen LogP contribution in [-0.2, 0) is 52.2 Å². The van der Waals surface area contributed by atoms with Gasteiger partial charge >= 0.3 is 11.9 Å². The summed E-state index contributed by atoms with van der Waals surface area (Å²) >= 11 is 0. The number of carboxylic acids is 1. The Bertz CT molecular complexity index is 2420. The highest BCUT2D eigenvalue weighted by Crippen LogP contribution is 2.76. The Hall–Kier alpha value is -2.42. The number of rotatable bonds is 14. The molecule has 9 rings (SSSR count). The molecule has 2 unspecified atom stereocenters. The smallest absolute Gasteiger partial charge is 0.335 e. The van der Waals surface area contributed by atoms with E-state index < -0.39 is 183 Å². The lowest BCUT2D eigenvalue weighted by Gasteiger charge is -2.72. The van der Waals surface area contributed by atoms with Gasteiger partial charge in [0.15, 0.2) is 31.3 Å². The van der Waals surface area contributed by atoms with E-state index >= 15 is 0 Å². The molecular weight excluding hydrogens is 1110 g/mol. The Morgan fingerprint density at radius 3 is 1.77 bits per heavy atom. The molecule has 5 aliphatic carbocycles. The van der Waals surface area contributed by atoms with E-state index in [1.54, 1.807) is 19.9 Å². The molecule has 0 spiro atoms. The van der Waals surface area contributed by atoms with Crippen molar-refractivity contribution in [2.75, 3.05) is 19.8 Å². The fourth-order valence-corrected chi connectivity index (χ4v) is 17.3. The summed E-state index contributed by atoms with van der Waals surface area (Å²) in [5.41, 5.74) is -1.79. The quantitative estimate of drug-likeness (QED) is 0.0430. The van der Waals surface area contributed by atoms with E-state index in [1.807, 2.05) is 0 Å². The molecule has 4 aliphatic heterocycles. The highest BCUT2D eigenvalue weighted by Gasteiger charge is 2.72. The summed E-state index contributed by atoms with van der Waals surface area (Å²) in [4.78, 5) is 26.9. The molecule has 0 aromatic carbocycles. The van der Waals surface area contributed by atoms with Crippen LogP contribution in [0.2, 0.25) is 0 Å². The number of fused-ring (bicyclic) bond motifs is 7. The topological polar surface area (TPSA) is 400 Å². The molecule has 0 radical (unpaired) electrons. The molecule has 0 aromatic heterocycles. The first-order valence-electron chi connectivity index (χ1n) is 29.9. The van der Waals surface area contributed by atoms with E-state index in [2.05, 4.69) is 54.5 Å². The number of carbonyl (C=O) groups excluding carboxylic acids is 1. The minimum absolute atomic E-state index is 0.0526. The molecule has 8 fully saturated rings. The number of carboxylic acid groups (broad SMARTS) is 1. The van der Waals surface area contributed by atoms with Gasteiger partial charge in [0.2, 0.25) is 0 Å². The lowest BCUT2D eigenvalue weighted by Crippen LogP contribution is -2.70. The van der Waals surface area contributed by atoms with Gasteiger partial charge in [-0.1, -0.05) is 66.2 Å². The average molecular weight is 1200 g/mol. The zero-order valence-electron chi connectivity index (χ0n) is 49.7. The van der Waals surface area contributed by atoms with Crippen LogP contribution in [0.4, 0.5) is 0 Å². The predicted octanol–water partition coefficient (Wildman–Crippen LogP) is -0.983. The molecule has 0 bridgehead atoms. The SMILES string of the molecule is C/C=C(/C)C(=O)O[C@H]1CC(C)(C)C[C@H]2C3=CCC4[C@@]5(C)CC[C@H](O[C@@H]6O[C@H](C(=O)O)[C@@H](O[C@@H]7O[C@H](CO)[C@H](O)[C@H](O)[C@H]7O[C@@H]7O[C@H](CO)[C@@H](O)[C@H](O)[C@H]7O)[C@H](O)[C@H]6O[C@@H]6O[C@@H](C)[C@H](O)[C@@H](O)[C@H]6O)C(C)(C)C5CC[C@@]4(C)[C@]3(C)C[C@@H](O)[C@@]12CO. The van der Waals surface area contributed by atoms with Gasteiger partial charge in [-0.15, -0.1) is 0 Å². The summed E-state index contributed by atoms with van der Waals surface area (Å²) in [6, 6.07) is 0. The second-order valence-corrected chi connectivity index (χ2v) is 27.9. The number of allylic oxidation sites excluding steroid dienone is 3. The first-order valence-corrected chi connectivity index (χ1v) is 29.9. The van der Waals surface area contributed by atoms with Crippen molar-refractivity contribution in [2.24, 2.45) is 50.2 Å². The summed E-state index contributed by atoms with van der Waals surface area (Å²) in [7, 11) is 0. The van der Waals surface area contributed by atoms with E-state index in [0.717, 1.165) is 6.42 Å². The Kier molecular flexibility index (Phi) is 18.9. The minimum atomic E-state index is -2.18. The molecule has 25 nitrogen and oxygen atoms in total. The molecule has 4 saturated heterocycles. The second kappa shape index (κ2) is 24.1. The maximum atomic E-state index is 13.5. The largest absolute Gasteiger partial charge is 0.479 e. The van der Waals surface area contributed by atoms with E-state index in [1.165, 1.54) is 12.5 Å². The molecule has 25 heteroatoms. The van der Waals surface area contributed by atoms with Crippen LogP contribution in [0.25, 0.3) is 0 Å². The molecule has 4 saturated carbocycles. The molecule has 9 aliphatic rings. The van der Waals surface area contributed by atoms with Crippen molar-refractivity contribution in [1.29, 1.82) is 0 Å². The number of aliphatic hydroxyl groups excluding tert-OH is 13. The van der Waals surface area contributed by atoms with Crippen LogP contribution in [0, 0.1) is 50.2 Å². The standard InChI is InChI=1S/C59H94O25/c1-11-24(2)49(75)79-34-20-54(4,5)18-27-26-12-13-31-56(8)16-15-33(55(6,7)30(56)14-17-57(31,9)58(26,10)19-32(63)59(27,34)23-62)80-53-46(83-50-41(70)38(67)35(64)25(3)76-50)43(72)44(47(84-53)48(73)74)81-52-45(40(69)37(66)29(22-61)78-52)82-51-42(71)39(68)36(65)28(21-60)77-51/h11-12,25,27-47,50-53,60-72H,13-23H2,1-10H3,(H,73,74)/b24-11-/t25-,27-,28+,29+,30?,31?,32+,33-,34-,35-,36+,37-,38+,39-,40-,41+,42+,43-,44-,45+,46+,47-,50-,51-,52-,53+,56-,57+,58+,59-/m0/s1. The second-order valence-electron chi connectivity index (χ2n) is 27.9. The summed E-state index contributed by atoms with van der Waals surface area (Å²) < 4.78 is 54.8. The van der Waals surface area contributed by atoms with Gasteiger partial charge < -0.3 is 114 Å². The zero-order valence-corrected chi connectivity index (χ0v) is 49.7. The monoisotopic (exact) mass is 1200 g/mol. The highest BCUT2D eigenvalue weighted by atomic mass is 16.8. The molecule has 0 amide bonds.